The molecule has 1 atom stereocenters. The van der Waals surface area contributed by atoms with E-state index in [1.807, 2.05) is 0 Å². The van der Waals surface area contributed by atoms with Crippen molar-refractivity contribution in [1.82, 2.24) is 10.2 Å². The first-order valence-corrected chi connectivity index (χ1v) is 8.20. The molecule has 0 spiro atoms. The third kappa shape index (κ3) is 7.72. The maximum absolute atomic E-state index is 13.2. The van der Waals surface area contributed by atoms with Gasteiger partial charge in [-0.15, -0.1) is 24.8 Å². The lowest BCUT2D eigenvalue weighted by Gasteiger charge is -2.32. The van der Waals surface area contributed by atoms with Gasteiger partial charge in [0.2, 0.25) is 5.91 Å². The normalized spacial score (nSPS) is 16.3. The zero-order valence-corrected chi connectivity index (χ0v) is 16.4. The van der Waals surface area contributed by atoms with Crippen LogP contribution >= 0.6 is 24.8 Å². The molecule has 0 aromatic heterocycles. The lowest BCUT2D eigenvalue weighted by atomic mass is 10.0. The summed E-state index contributed by atoms with van der Waals surface area (Å²) in [7, 11) is 1.54. The molecule has 26 heavy (non-hydrogen) atoms. The lowest BCUT2D eigenvalue weighted by molar-refractivity contribution is -0.124. The number of nitrogens with one attached hydrogen (secondary N) is 1. The van der Waals surface area contributed by atoms with Gasteiger partial charge in [0.15, 0.2) is 11.6 Å². The molecule has 2 rings (SSSR count). The standard InChI is InChI=1S/C17H25F2N3O2.2ClH/c1-24-14(10-20)9-17(23)21-13-4-6-22(7-5-13)11-12-2-3-15(18)16(19)8-12;;/h2-3,8,13-14H,4-7,9-11,20H2,1H3,(H,21,23);2*1H. The second-order valence-corrected chi connectivity index (χ2v) is 6.16. The molecule has 0 aliphatic carbocycles. The van der Waals surface area contributed by atoms with Crippen molar-refractivity contribution >= 4 is 30.7 Å². The highest BCUT2D eigenvalue weighted by Gasteiger charge is 2.22. The zero-order chi connectivity index (χ0) is 17.5. The van der Waals surface area contributed by atoms with Crippen molar-refractivity contribution < 1.29 is 18.3 Å². The molecule has 1 heterocycles. The molecular formula is C17H27Cl2F2N3O2. The van der Waals surface area contributed by atoms with E-state index in [4.69, 9.17) is 10.5 Å². The van der Waals surface area contributed by atoms with Crippen LogP contribution in [0.25, 0.3) is 0 Å². The van der Waals surface area contributed by atoms with E-state index in [9.17, 15) is 13.6 Å². The van der Waals surface area contributed by atoms with E-state index in [0.717, 1.165) is 37.6 Å². The molecule has 1 aliphatic rings. The van der Waals surface area contributed by atoms with Crippen molar-refractivity contribution in [2.45, 2.75) is 38.0 Å². The summed E-state index contributed by atoms with van der Waals surface area (Å²) in [5.74, 6) is -1.69. The van der Waals surface area contributed by atoms with E-state index in [-0.39, 0.29) is 49.3 Å². The van der Waals surface area contributed by atoms with Crippen molar-refractivity contribution in [3.8, 4) is 0 Å². The van der Waals surface area contributed by atoms with Gasteiger partial charge in [-0.1, -0.05) is 6.07 Å². The number of ether oxygens (including phenoxy) is 1. The molecule has 1 fully saturated rings. The molecule has 0 bridgehead atoms. The van der Waals surface area contributed by atoms with Gasteiger partial charge in [-0.25, -0.2) is 8.78 Å². The van der Waals surface area contributed by atoms with Crippen molar-refractivity contribution in [2.75, 3.05) is 26.7 Å². The first-order valence-electron chi connectivity index (χ1n) is 8.20. The van der Waals surface area contributed by atoms with E-state index in [0.29, 0.717) is 13.1 Å². The Kier molecular flexibility index (Phi) is 11.9. The highest BCUT2D eigenvalue weighted by atomic mass is 35.5. The minimum atomic E-state index is -0.827. The Morgan fingerprint density at radius 3 is 2.50 bits per heavy atom. The molecule has 0 saturated carbocycles. The van der Waals surface area contributed by atoms with Gasteiger partial charge < -0.3 is 15.8 Å². The summed E-state index contributed by atoms with van der Waals surface area (Å²) < 4.78 is 31.3. The maximum Gasteiger partial charge on any atom is 0.222 e. The monoisotopic (exact) mass is 413 g/mol. The first kappa shape index (κ1) is 25.0. The predicted molar refractivity (Wildman–Crippen MR) is 102 cm³/mol. The lowest BCUT2D eigenvalue weighted by Crippen LogP contribution is -2.45. The van der Waals surface area contributed by atoms with Crippen molar-refractivity contribution in [2.24, 2.45) is 5.73 Å². The Morgan fingerprint density at radius 2 is 1.96 bits per heavy atom. The molecule has 150 valence electrons. The SMILES string of the molecule is COC(CN)CC(=O)NC1CCN(Cc2ccc(F)c(F)c2)CC1.Cl.Cl. The Hall–Kier alpha value is -0.990. The molecule has 5 nitrogen and oxygen atoms in total. The minimum absolute atomic E-state index is 0. The number of carbonyl (C=O) groups excluding carboxylic acids is 1. The highest BCUT2D eigenvalue weighted by Crippen LogP contribution is 2.16. The van der Waals surface area contributed by atoms with Crippen LogP contribution < -0.4 is 11.1 Å². The molecular weight excluding hydrogens is 387 g/mol. The van der Waals surface area contributed by atoms with Crippen LogP contribution in [0.2, 0.25) is 0 Å². The second-order valence-electron chi connectivity index (χ2n) is 6.16. The topological polar surface area (TPSA) is 67.6 Å². The number of halogens is 4. The van der Waals surface area contributed by atoms with Gasteiger partial charge in [0, 0.05) is 39.3 Å². The fourth-order valence-electron chi connectivity index (χ4n) is 2.89. The van der Waals surface area contributed by atoms with Crippen molar-refractivity contribution in [1.29, 1.82) is 0 Å². The Morgan fingerprint density at radius 1 is 1.31 bits per heavy atom. The fourth-order valence-corrected chi connectivity index (χ4v) is 2.89. The molecule has 1 unspecified atom stereocenters. The summed E-state index contributed by atoms with van der Waals surface area (Å²) in [5.41, 5.74) is 6.27. The van der Waals surface area contributed by atoms with E-state index in [1.54, 1.807) is 13.2 Å². The summed E-state index contributed by atoms with van der Waals surface area (Å²) in [6.07, 6.45) is 1.67. The van der Waals surface area contributed by atoms with Crippen LogP contribution in [-0.2, 0) is 16.1 Å². The van der Waals surface area contributed by atoms with Gasteiger partial charge in [-0.2, -0.15) is 0 Å². The molecule has 3 N–H and O–H groups in total. The number of piperidine rings is 1. The highest BCUT2D eigenvalue weighted by molar-refractivity contribution is 5.85. The summed E-state index contributed by atoms with van der Waals surface area (Å²) >= 11 is 0. The number of amides is 1. The van der Waals surface area contributed by atoms with Gasteiger partial charge in [0.05, 0.1) is 12.5 Å². The minimum Gasteiger partial charge on any atom is -0.380 e. The summed E-state index contributed by atoms with van der Waals surface area (Å²) in [6, 6.07) is 4.13. The number of methoxy groups -OCH3 is 1. The summed E-state index contributed by atoms with van der Waals surface area (Å²) in [5, 5.41) is 3.01. The molecule has 1 aromatic rings. The second kappa shape index (κ2) is 12.4. The van der Waals surface area contributed by atoms with Gasteiger partial charge in [0.1, 0.15) is 0 Å². The molecule has 0 radical (unpaired) electrons. The van der Waals surface area contributed by atoms with Gasteiger partial charge in [-0.05, 0) is 30.5 Å². The summed E-state index contributed by atoms with van der Waals surface area (Å²) in [6.45, 7) is 2.50. The fraction of sp³-hybridized carbons (Fsp3) is 0.588. The Balaban J connectivity index is 0.00000312. The molecule has 9 heteroatoms. The van der Waals surface area contributed by atoms with Crippen LogP contribution in [0.5, 0.6) is 0 Å². The number of benzene rings is 1. The van der Waals surface area contributed by atoms with Gasteiger partial charge in [-0.3, -0.25) is 9.69 Å². The maximum atomic E-state index is 13.2. The molecule has 1 aliphatic heterocycles. The number of rotatable bonds is 7. The number of carbonyl (C=O) groups is 1. The first-order chi connectivity index (χ1) is 11.5. The smallest absolute Gasteiger partial charge is 0.222 e. The van der Waals surface area contributed by atoms with Crippen molar-refractivity contribution in [3.05, 3.63) is 35.4 Å². The van der Waals surface area contributed by atoms with Crippen molar-refractivity contribution in [3.63, 3.8) is 0 Å². The number of hydrogen-bond acceptors (Lipinski definition) is 4. The average molecular weight is 414 g/mol. The number of likely N-dealkylation sites (tertiary alicyclic amines) is 1. The largest absolute Gasteiger partial charge is 0.380 e. The third-order valence-electron chi connectivity index (χ3n) is 4.35. The molecule has 1 amide bonds. The number of nitrogens with zero attached hydrogens (tertiary/aromatic N) is 1. The van der Waals surface area contributed by atoms with Gasteiger partial charge in [0.25, 0.3) is 0 Å². The van der Waals surface area contributed by atoms with Gasteiger partial charge >= 0.3 is 0 Å². The number of nitrogens with two attached hydrogens (primary N) is 1. The average Bonchev–Trinajstić information content (AvgIpc) is 2.58. The van der Waals surface area contributed by atoms with Crippen LogP contribution in [-0.4, -0.2) is 49.7 Å². The Bertz CT molecular complexity index is 555. The predicted octanol–water partition coefficient (Wildman–Crippen LogP) is 2.25. The third-order valence-corrected chi connectivity index (χ3v) is 4.35. The van der Waals surface area contributed by atoms with E-state index in [2.05, 4.69) is 10.2 Å². The summed E-state index contributed by atoms with van der Waals surface area (Å²) in [4.78, 5) is 14.1. The Labute approximate surface area is 165 Å². The zero-order valence-electron chi connectivity index (χ0n) is 14.7. The molecule has 1 aromatic carbocycles. The van der Waals surface area contributed by atoms with E-state index < -0.39 is 11.6 Å². The van der Waals surface area contributed by atoms with Crippen LogP contribution in [0.15, 0.2) is 18.2 Å². The van der Waals surface area contributed by atoms with Crippen LogP contribution in [0.1, 0.15) is 24.8 Å². The van der Waals surface area contributed by atoms with E-state index in [1.165, 1.54) is 6.07 Å². The quantitative estimate of drug-likeness (QED) is 0.719. The molecule has 1 saturated heterocycles. The van der Waals surface area contributed by atoms with E-state index >= 15 is 0 Å². The van der Waals surface area contributed by atoms with Crippen LogP contribution in [0, 0.1) is 11.6 Å². The number of hydrogen-bond donors (Lipinski definition) is 2. The van der Waals surface area contributed by atoms with Crippen LogP contribution in [0.3, 0.4) is 0 Å². The van der Waals surface area contributed by atoms with Crippen LogP contribution in [0.4, 0.5) is 8.78 Å².